The van der Waals surface area contributed by atoms with Crippen molar-refractivity contribution in [3.8, 4) is 11.3 Å². The van der Waals surface area contributed by atoms with Crippen LogP contribution in [0.5, 0.6) is 0 Å². The van der Waals surface area contributed by atoms with Crippen molar-refractivity contribution in [1.29, 1.82) is 0 Å². The molecule has 28 heavy (non-hydrogen) atoms. The van der Waals surface area contributed by atoms with E-state index in [1.807, 2.05) is 72.8 Å². The van der Waals surface area contributed by atoms with Gasteiger partial charge >= 0.3 is 0 Å². The second kappa shape index (κ2) is 6.82. The lowest BCUT2D eigenvalue weighted by Crippen LogP contribution is -2.03. The van der Waals surface area contributed by atoms with E-state index in [1.165, 1.54) is 0 Å². The first-order valence-corrected chi connectivity index (χ1v) is 9.38. The Kier molecular flexibility index (Phi) is 4.02. The molecule has 1 heterocycles. The van der Waals surface area contributed by atoms with Gasteiger partial charge in [0.25, 0.3) is 0 Å². The number of hydrogen-bond donors (Lipinski definition) is 0. The summed E-state index contributed by atoms with van der Waals surface area (Å²) in [7, 11) is 0. The second-order valence-electron chi connectivity index (χ2n) is 6.91. The fourth-order valence-corrected chi connectivity index (χ4v) is 3.76. The lowest BCUT2D eigenvalue weighted by Gasteiger charge is -2.04. The molecule has 0 aliphatic heterocycles. The summed E-state index contributed by atoms with van der Waals surface area (Å²) in [6, 6.07) is 31.8. The number of carbonyl (C=O) groups excluding carboxylic acids is 1. The summed E-state index contributed by atoms with van der Waals surface area (Å²) < 4.78 is 6.38. The molecule has 134 valence electrons. The number of rotatable bonds is 4. The van der Waals surface area contributed by atoms with Gasteiger partial charge in [0, 0.05) is 33.9 Å². The molecule has 0 radical (unpaired) electrons. The molecule has 2 nitrogen and oxygen atoms in total. The fourth-order valence-electron chi connectivity index (χ4n) is 3.76. The number of benzene rings is 4. The molecule has 1 aromatic heterocycles. The first-order valence-electron chi connectivity index (χ1n) is 9.38. The van der Waals surface area contributed by atoms with Gasteiger partial charge in [-0.05, 0) is 5.39 Å². The third-order valence-electron chi connectivity index (χ3n) is 5.15. The molecule has 2 heteroatoms. The average molecular weight is 362 g/mol. The Hall–Kier alpha value is -3.65. The van der Waals surface area contributed by atoms with Crippen LogP contribution in [-0.2, 0) is 6.42 Å². The Morgan fingerprint density at radius 1 is 0.679 bits per heavy atom. The molecule has 0 atom stereocenters. The van der Waals surface area contributed by atoms with Crippen LogP contribution >= 0.6 is 0 Å². The van der Waals surface area contributed by atoms with Crippen LogP contribution < -0.4 is 0 Å². The maximum absolute atomic E-state index is 13.0. The van der Waals surface area contributed by atoms with Crippen molar-refractivity contribution in [3.63, 3.8) is 0 Å². The van der Waals surface area contributed by atoms with Gasteiger partial charge in [0.05, 0.1) is 0 Å². The van der Waals surface area contributed by atoms with E-state index in [-0.39, 0.29) is 5.78 Å². The molecular formula is C26H18O2. The minimum Gasteiger partial charge on any atom is -0.455 e. The molecule has 0 aliphatic rings. The Bertz CT molecular complexity index is 1280. The van der Waals surface area contributed by atoms with Crippen LogP contribution in [0.4, 0.5) is 0 Å². The van der Waals surface area contributed by atoms with Crippen LogP contribution in [0.15, 0.2) is 101 Å². The highest BCUT2D eigenvalue weighted by Gasteiger charge is 2.20. The number of ketones is 1. The Labute approximate surface area is 163 Å². The van der Waals surface area contributed by atoms with Gasteiger partial charge in [0.2, 0.25) is 0 Å². The van der Waals surface area contributed by atoms with E-state index < -0.39 is 0 Å². The van der Waals surface area contributed by atoms with Gasteiger partial charge in [-0.2, -0.15) is 0 Å². The summed E-state index contributed by atoms with van der Waals surface area (Å²) in [5.41, 5.74) is 3.49. The van der Waals surface area contributed by atoms with Crippen LogP contribution in [0, 0.1) is 0 Å². The van der Waals surface area contributed by atoms with Crippen molar-refractivity contribution in [2.75, 3.05) is 0 Å². The minimum atomic E-state index is 0.0913. The Balaban J connectivity index is 1.73. The van der Waals surface area contributed by atoms with Crippen molar-refractivity contribution >= 4 is 27.5 Å². The SMILES string of the molecule is O=C(Cc1c(-c2ccccc2)oc2c1ccc1ccccc12)c1ccccc1. The normalized spacial score (nSPS) is 11.1. The van der Waals surface area contributed by atoms with Crippen molar-refractivity contribution in [3.05, 3.63) is 108 Å². The van der Waals surface area contributed by atoms with Gasteiger partial charge in [-0.3, -0.25) is 4.79 Å². The summed E-state index contributed by atoms with van der Waals surface area (Å²) in [5, 5.41) is 3.20. The van der Waals surface area contributed by atoms with E-state index in [1.54, 1.807) is 0 Å². The molecule has 4 aromatic carbocycles. The van der Waals surface area contributed by atoms with Crippen LogP contribution in [0.25, 0.3) is 33.1 Å². The summed E-state index contributed by atoms with van der Waals surface area (Å²) in [6.45, 7) is 0. The van der Waals surface area contributed by atoms with Gasteiger partial charge in [0.15, 0.2) is 5.78 Å². The van der Waals surface area contributed by atoms with Gasteiger partial charge < -0.3 is 4.42 Å². The van der Waals surface area contributed by atoms with Crippen molar-refractivity contribution in [2.24, 2.45) is 0 Å². The number of hydrogen-bond acceptors (Lipinski definition) is 2. The van der Waals surface area contributed by atoms with E-state index >= 15 is 0 Å². The standard InChI is InChI=1S/C26H18O2/c27-24(19-10-3-1-4-11-19)17-23-22-16-15-18-9-7-8-14-21(18)26(22)28-25(23)20-12-5-2-6-13-20/h1-16H,17H2. The quantitative estimate of drug-likeness (QED) is 0.334. The zero-order valence-electron chi connectivity index (χ0n) is 15.3. The van der Waals surface area contributed by atoms with Crippen molar-refractivity contribution in [1.82, 2.24) is 0 Å². The number of Topliss-reactive ketones (excluding diaryl/α,β-unsaturated/α-hetero) is 1. The number of carbonyl (C=O) groups is 1. The van der Waals surface area contributed by atoms with E-state index in [4.69, 9.17) is 4.42 Å². The first kappa shape index (κ1) is 16.5. The van der Waals surface area contributed by atoms with Crippen LogP contribution in [-0.4, -0.2) is 5.78 Å². The van der Waals surface area contributed by atoms with Crippen LogP contribution in [0.2, 0.25) is 0 Å². The van der Waals surface area contributed by atoms with E-state index in [0.29, 0.717) is 6.42 Å². The number of furan rings is 1. The summed E-state index contributed by atoms with van der Waals surface area (Å²) in [5.74, 6) is 0.866. The highest BCUT2D eigenvalue weighted by atomic mass is 16.3. The molecule has 0 bridgehead atoms. The molecule has 0 saturated carbocycles. The van der Waals surface area contributed by atoms with Crippen molar-refractivity contribution < 1.29 is 9.21 Å². The van der Waals surface area contributed by atoms with E-state index in [9.17, 15) is 4.79 Å². The summed E-state index contributed by atoms with van der Waals surface area (Å²) in [6.07, 6.45) is 0.305. The van der Waals surface area contributed by atoms with Crippen LogP contribution in [0.1, 0.15) is 15.9 Å². The Morgan fingerprint density at radius 2 is 1.36 bits per heavy atom. The van der Waals surface area contributed by atoms with Gasteiger partial charge in [0.1, 0.15) is 11.3 Å². The van der Waals surface area contributed by atoms with E-state index in [2.05, 4.69) is 24.3 Å². The van der Waals surface area contributed by atoms with Crippen LogP contribution in [0.3, 0.4) is 0 Å². The molecule has 5 rings (SSSR count). The van der Waals surface area contributed by atoms with Crippen molar-refractivity contribution in [2.45, 2.75) is 6.42 Å². The lowest BCUT2D eigenvalue weighted by atomic mass is 9.97. The maximum Gasteiger partial charge on any atom is 0.167 e. The number of fused-ring (bicyclic) bond motifs is 3. The molecule has 0 N–H and O–H groups in total. The topological polar surface area (TPSA) is 30.2 Å². The second-order valence-corrected chi connectivity index (χ2v) is 6.91. The molecule has 0 unspecified atom stereocenters. The molecular weight excluding hydrogens is 344 g/mol. The highest BCUT2D eigenvalue weighted by Crippen LogP contribution is 2.38. The zero-order chi connectivity index (χ0) is 18.9. The Morgan fingerprint density at radius 3 is 2.14 bits per heavy atom. The molecule has 0 saturated heterocycles. The third-order valence-corrected chi connectivity index (χ3v) is 5.15. The predicted molar refractivity (Wildman–Crippen MR) is 114 cm³/mol. The predicted octanol–water partition coefficient (Wildman–Crippen LogP) is 6.68. The van der Waals surface area contributed by atoms with Gasteiger partial charge in [-0.25, -0.2) is 0 Å². The fraction of sp³-hybridized carbons (Fsp3) is 0.0385. The molecule has 0 amide bonds. The summed E-state index contributed by atoms with van der Waals surface area (Å²) in [4.78, 5) is 13.0. The smallest absolute Gasteiger partial charge is 0.167 e. The summed E-state index contributed by atoms with van der Waals surface area (Å²) >= 11 is 0. The molecule has 5 aromatic rings. The maximum atomic E-state index is 13.0. The highest BCUT2D eigenvalue weighted by molar-refractivity contribution is 6.09. The zero-order valence-corrected chi connectivity index (χ0v) is 15.3. The van der Waals surface area contributed by atoms with Gasteiger partial charge in [-0.1, -0.05) is 97.1 Å². The first-order chi connectivity index (χ1) is 13.8. The largest absolute Gasteiger partial charge is 0.455 e. The monoisotopic (exact) mass is 362 g/mol. The average Bonchev–Trinajstić information content (AvgIpc) is 3.14. The molecule has 0 fully saturated rings. The minimum absolute atomic E-state index is 0.0913. The molecule has 0 aliphatic carbocycles. The van der Waals surface area contributed by atoms with Gasteiger partial charge in [-0.15, -0.1) is 0 Å². The van der Waals surface area contributed by atoms with E-state index in [0.717, 1.165) is 44.2 Å². The molecule has 0 spiro atoms. The third kappa shape index (κ3) is 2.80. The lowest BCUT2D eigenvalue weighted by molar-refractivity contribution is 0.0993.